The molecule has 7 nitrogen and oxygen atoms in total. The van der Waals surface area contributed by atoms with E-state index in [0.717, 1.165) is 0 Å². The Hall–Kier alpha value is -0.820. The average molecular weight is 205 g/mol. The normalized spacial score (nSPS) is 19.2. The van der Waals surface area contributed by atoms with E-state index >= 15 is 0 Å². The zero-order chi connectivity index (χ0) is 9.90. The van der Waals surface area contributed by atoms with Gasteiger partial charge in [0.25, 0.3) is 0 Å². The van der Waals surface area contributed by atoms with E-state index in [1.165, 1.54) is 4.31 Å². The van der Waals surface area contributed by atoms with E-state index in [0.29, 0.717) is 0 Å². The summed E-state index contributed by atoms with van der Waals surface area (Å²) in [6.45, 7) is 0.684. The molecule has 1 saturated heterocycles. The van der Waals surface area contributed by atoms with Gasteiger partial charge in [-0.15, -0.1) is 0 Å². The van der Waals surface area contributed by atoms with E-state index < -0.39 is 10.0 Å². The van der Waals surface area contributed by atoms with Gasteiger partial charge in [0, 0.05) is 24.5 Å². The first-order valence-electron chi connectivity index (χ1n) is 3.82. The van der Waals surface area contributed by atoms with Crippen molar-refractivity contribution in [3.05, 3.63) is 10.4 Å². The van der Waals surface area contributed by atoms with Gasteiger partial charge in [0.1, 0.15) is 0 Å². The van der Waals surface area contributed by atoms with Gasteiger partial charge in [0.2, 0.25) is 10.0 Å². The van der Waals surface area contributed by atoms with E-state index in [9.17, 15) is 8.42 Å². The van der Waals surface area contributed by atoms with Crippen LogP contribution < -0.4 is 5.73 Å². The molecule has 1 aliphatic heterocycles. The van der Waals surface area contributed by atoms with Crippen molar-refractivity contribution in [3.8, 4) is 0 Å². The van der Waals surface area contributed by atoms with Crippen molar-refractivity contribution in [1.82, 2.24) is 4.31 Å². The van der Waals surface area contributed by atoms with Crippen LogP contribution >= 0.6 is 0 Å². The van der Waals surface area contributed by atoms with Gasteiger partial charge in [-0.3, -0.25) is 0 Å². The Morgan fingerprint density at radius 2 is 2.23 bits per heavy atom. The molecular formula is C5H11N5O2S. The molecule has 1 fully saturated rings. The molecule has 0 saturated carbocycles. The first-order chi connectivity index (χ1) is 6.10. The van der Waals surface area contributed by atoms with Crippen molar-refractivity contribution in [2.75, 3.05) is 25.4 Å². The minimum atomic E-state index is -3.20. The molecule has 0 bridgehead atoms. The Kier molecular flexibility index (Phi) is 3.10. The first-order valence-corrected chi connectivity index (χ1v) is 5.43. The molecular weight excluding hydrogens is 194 g/mol. The average Bonchev–Trinajstić information content (AvgIpc) is 1.95. The summed E-state index contributed by atoms with van der Waals surface area (Å²) in [5.74, 6) is -0.0456. The first kappa shape index (κ1) is 10.3. The maximum atomic E-state index is 11.3. The summed E-state index contributed by atoms with van der Waals surface area (Å²) in [6, 6.07) is -0.211. The van der Waals surface area contributed by atoms with Crippen LogP contribution in [-0.4, -0.2) is 44.2 Å². The fourth-order valence-corrected chi connectivity index (χ4v) is 2.42. The van der Waals surface area contributed by atoms with Gasteiger partial charge < -0.3 is 5.73 Å². The SMILES string of the molecule is [N-]=[N+]=NC1CN(S(=O)(=O)CCN)C1. The fourth-order valence-electron chi connectivity index (χ4n) is 1.07. The third-order valence-corrected chi connectivity index (χ3v) is 3.65. The zero-order valence-electron chi connectivity index (χ0n) is 7.00. The van der Waals surface area contributed by atoms with Gasteiger partial charge >= 0.3 is 0 Å². The van der Waals surface area contributed by atoms with Crippen LogP contribution in [0.15, 0.2) is 5.11 Å². The van der Waals surface area contributed by atoms with Crippen LogP contribution in [0.4, 0.5) is 0 Å². The highest BCUT2D eigenvalue weighted by molar-refractivity contribution is 7.89. The van der Waals surface area contributed by atoms with Crippen LogP contribution in [0.5, 0.6) is 0 Å². The van der Waals surface area contributed by atoms with Crippen LogP contribution in [0, 0.1) is 0 Å². The second-order valence-corrected chi connectivity index (χ2v) is 4.87. The number of hydrogen-bond donors (Lipinski definition) is 1. The van der Waals surface area contributed by atoms with Crippen molar-refractivity contribution in [3.63, 3.8) is 0 Å². The zero-order valence-corrected chi connectivity index (χ0v) is 7.81. The molecule has 0 atom stereocenters. The fraction of sp³-hybridized carbons (Fsp3) is 1.00. The molecule has 0 aromatic heterocycles. The third-order valence-electron chi connectivity index (χ3n) is 1.81. The van der Waals surface area contributed by atoms with Crippen LogP contribution in [0.25, 0.3) is 10.4 Å². The highest BCUT2D eigenvalue weighted by Gasteiger charge is 2.34. The van der Waals surface area contributed by atoms with Gasteiger partial charge in [-0.1, -0.05) is 5.11 Å². The van der Waals surface area contributed by atoms with E-state index in [1.807, 2.05) is 0 Å². The smallest absolute Gasteiger partial charge is 0.215 e. The Morgan fingerprint density at radius 1 is 1.62 bits per heavy atom. The van der Waals surface area contributed by atoms with Gasteiger partial charge in [0.05, 0.1) is 11.8 Å². The van der Waals surface area contributed by atoms with Gasteiger partial charge in [-0.05, 0) is 5.53 Å². The van der Waals surface area contributed by atoms with E-state index in [-0.39, 0.29) is 31.4 Å². The van der Waals surface area contributed by atoms with Crippen LogP contribution in [-0.2, 0) is 10.0 Å². The molecule has 0 unspecified atom stereocenters. The molecule has 1 rings (SSSR count). The molecule has 0 aromatic carbocycles. The molecule has 1 aliphatic rings. The lowest BCUT2D eigenvalue weighted by molar-refractivity contribution is 0.265. The van der Waals surface area contributed by atoms with Crippen molar-refractivity contribution < 1.29 is 8.42 Å². The summed E-state index contributed by atoms with van der Waals surface area (Å²) < 4.78 is 23.8. The number of nitrogens with two attached hydrogens (primary N) is 1. The summed E-state index contributed by atoms with van der Waals surface area (Å²) in [4.78, 5) is 2.60. The summed E-state index contributed by atoms with van der Waals surface area (Å²) in [6.07, 6.45) is 0. The molecule has 8 heteroatoms. The van der Waals surface area contributed by atoms with Crippen molar-refractivity contribution in [1.29, 1.82) is 0 Å². The molecule has 2 N–H and O–H groups in total. The number of hydrogen-bond acceptors (Lipinski definition) is 4. The summed E-state index contributed by atoms with van der Waals surface area (Å²) in [7, 11) is -3.20. The molecule has 0 amide bonds. The minimum Gasteiger partial charge on any atom is -0.329 e. The highest BCUT2D eigenvalue weighted by Crippen LogP contribution is 2.16. The number of azide groups is 1. The Bertz CT molecular complexity index is 314. The van der Waals surface area contributed by atoms with Gasteiger partial charge in [0.15, 0.2) is 0 Å². The predicted octanol–water partition coefficient (Wildman–Crippen LogP) is -0.731. The number of sulfonamides is 1. The second kappa shape index (κ2) is 3.93. The van der Waals surface area contributed by atoms with Crippen molar-refractivity contribution >= 4 is 10.0 Å². The van der Waals surface area contributed by atoms with Crippen molar-refractivity contribution in [2.45, 2.75) is 6.04 Å². The maximum Gasteiger partial charge on any atom is 0.215 e. The quantitative estimate of drug-likeness (QED) is 0.371. The minimum absolute atomic E-state index is 0.0456. The second-order valence-electron chi connectivity index (χ2n) is 2.78. The number of rotatable bonds is 4. The van der Waals surface area contributed by atoms with E-state index in [2.05, 4.69) is 10.0 Å². The summed E-state index contributed by atoms with van der Waals surface area (Å²) in [5, 5.41) is 3.40. The lowest BCUT2D eigenvalue weighted by atomic mass is 10.2. The lowest BCUT2D eigenvalue weighted by Gasteiger charge is -2.35. The predicted molar refractivity (Wildman–Crippen MR) is 47.3 cm³/mol. The van der Waals surface area contributed by atoms with E-state index in [1.54, 1.807) is 0 Å². The lowest BCUT2D eigenvalue weighted by Crippen LogP contribution is -2.53. The molecule has 74 valence electrons. The Balaban J connectivity index is 2.47. The maximum absolute atomic E-state index is 11.3. The molecule has 1 heterocycles. The molecule has 0 aromatic rings. The van der Waals surface area contributed by atoms with E-state index in [4.69, 9.17) is 11.3 Å². The Labute approximate surface area is 76.2 Å². The van der Waals surface area contributed by atoms with Crippen molar-refractivity contribution in [2.24, 2.45) is 10.8 Å². The standard InChI is InChI=1S/C5H11N5O2S/c6-1-2-13(11,12)10-3-5(4-10)8-9-7/h5H,1-4,6H2. The topological polar surface area (TPSA) is 112 Å². The highest BCUT2D eigenvalue weighted by atomic mass is 32.2. The monoisotopic (exact) mass is 205 g/mol. The van der Waals surface area contributed by atoms with Gasteiger partial charge in [-0.2, -0.15) is 0 Å². The molecule has 13 heavy (non-hydrogen) atoms. The molecule has 0 radical (unpaired) electrons. The summed E-state index contributed by atoms with van der Waals surface area (Å²) in [5.41, 5.74) is 13.2. The van der Waals surface area contributed by atoms with Crippen LogP contribution in [0.1, 0.15) is 0 Å². The number of nitrogens with zero attached hydrogens (tertiary/aromatic N) is 4. The summed E-state index contributed by atoms with van der Waals surface area (Å²) >= 11 is 0. The van der Waals surface area contributed by atoms with Crippen LogP contribution in [0.2, 0.25) is 0 Å². The van der Waals surface area contributed by atoms with Gasteiger partial charge in [-0.25, -0.2) is 12.7 Å². The van der Waals surface area contributed by atoms with Crippen LogP contribution in [0.3, 0.4) is 0 Å². The molecule has 0 aliphatic carbocycles. The largest absolute Gasteiger partial charge is 0.329 e. The third kappa shape index (κ3) is 2.31. The molecule has 0 spiro atoms. The Morgan fingerprint density at radius 3 is 2.69 bits per heavy atom.